The van der Waals surface area contributed by atoms with E-state index in [1.165, 1.54) is 17.0 Å². The minimum Gasteiger partial charge on any atom is -0.264 e. The molecule has 20 heavy (non-hydrogen) atoms. The van der Waals surface area contributed by atoms with Gasteiger partial charge in [-0.25, -0.2) is 9.13 Å². The number of imidazole rings is 2. The quantitative estimate of drug-likeness (QED) is 0.391. The van der Waals surface area contributed by atoms with Gasteiger partial charge >= 0.3 is 5.65 Å². The summed E-state index contributed by atoms with van der Waals surface area (Å²) in [5.74, 6) is 1.17. The molecule has 0 saturated heterocycles. The van der Waals surface area contributed by atoms with E-state index in [1.807, 2.05) is 29.0 Å². The van der Waals surface area contributed by atoms with Gasteiger partial charge < -0.3 is 0 Å². The van der Waals surface area contributed by atoms with Crippen molar-refractivity contribution in [1.82, 2.24) is 24.1 Å². The normalized spacial score (nSPS) is 13.1. The van der Waals surface area contributed by atoms with Crippen LogP contribution in [0, 0.1) is 0 Å². The van der Waals surface area contributed by atoms with Crippen molar-refractivity contribution in [2.45, 2.75) is 6.54 Å². The average Bonchev–Trinajstić information content (AvgIpc) is 3.10. The van der Waals surface area contributed by atoms with E-state index in [1.54, 1.807) is 6.20 Å². The number of aromatic nitrogens is 6. The Morgan fingerprint density at radius 3 is 3.15 bits per heavy atom. The second-order valence-electron chi connectivity index (χ2n) is 5.05. The van der Waals surface area contributed by atoms with Crippen LogP contribution in [0.15, 0.2) is 36.8 Å². The number of pyridine rings is 1. The number of nitrogens with zero attached hydrogens (tertiary/aromatic N) is 6. The third-order valence-electron chi connectivity index (χ3n) is 3.97. The van der Waals surface area contributed by atoms with Gasteiger partial charge in [-0.15, -0.1) is 9.61 Å². The van der Waals surface area contributed by atoms with Gasteiger partial charge in [0.15, 0.2) is 0 Å². The highest BCUT2D eigenvalue weighted by Crippen LogP contribution is 2.29. The van der Waals surface area contributed by atoms with E-state index in [0.29, 0.717) is 0 Å². The smallest absolute Gasteiger partial charge is 0.264 e. The third kappa shape index (κ3) is 1.01. The Bertz CT molecular complexity index is 994. The molecule has 0 atom stereocenters. The van der Waals surface area contributed by atoms with Crippen LogP contribution in [-0.2, 0) is 13.6 Å². The minimum absolute atomic E-state index is 0.820. The van der Waals surface area contributed by atoms with Gasteiger partial charge in [-0.2, -0.15) is 4.98 Å². The van der Waals surface area contributed by atoms with Crippen LogP contribution in [0.2, 0.25) is 0 Å². The summed E-state index contributed by atoms with van der Waals surface area (Å²) in [5.41, 5.74) is 5.34. The fourth-order valence-corrected chi connectivity index (χ4v) is 3.12. The molecule has 0 N–H and O–H groups in total. The molecule has 0 fully saturated rings. The molecule has 1 aliphatic heterocycles. The van der Waals surface area contributed by atoms with Crippen molar-refractivity contribution in [3.8, 4) is 11.4 Å². The topological polar surface area (TPSA) is 51.9 Å². The third-order valence-corrected chi connectivity index (χ3v) is 3.97. The van der Waals surface area contributed by atoms with Crippen LogP contribution in [0.4, 0.5) is 0 Å². The standard InChI is InChI=1S/C14H11N6/c1-18-12-14(20-11(17-12)3-2-5-16-20)19-8-9-7-15-6-4-10(9)13(18)19/h2-7H,8H2,1H3/q+1. The summed E-state index contributed by atoms with van der Waals surface area (Å²) in [5, 5.41) is 4.43. The van der Waals surface area contributed by atoms with E-state index in [0.717, 1.165) is 23.5 Å². The fraction of sp³-hybridized carbons (Fsp3) is 0.143. The van der Waals surface area contributed by atoms with Crippen LogP contribution in [0.1, 0.15) is 5.56 Å². The van der Waals surface area contributed by atoms with Crippen LogP contribution < -0.4 is 4.57 Å². The summed E-state index contributed by atoms with van der Waals surface area (Å²) in [6, 6.07) is 5.95. The largest absolute Gasteiger partial charge is 0.315 e. The van der Waals surface area contributed by atoms with Crippen LogP contribution in [0.3, 0.4) is 0 Å². The lowest BCUT2D eigenvalue weighted by atomic mass is 10.2. The highest BCUT2D eigenvalue weighted by molar-refractivity contribution is 5.75. The lowest BCUT2D eigenvalue weighted by Crippen LogP contribution is -2.32. The molecule has 1 aliphatic rings. The van der Waals surface area contributed by atoms with E-state index in [4.69, 9.17) is 0 Å². The van der Waals surface area contributed by atoms with Gasteiger partial charge in [-0.05, 0) is 12.1 Å². The molecule has 0 bridgehead atoms. The Hall–Kier alpha value is -2.76. The Labute approximate surface area is 113 Å². The van der Waals surface area contributed by atoms with Crippen molar-refractivity contribution in [3.05, 3.63) is 42.4 Å². The summed E-state index contributed by atoms with van der Waals surface area (Å²) in [6.07, 6.45) is 5.56. The van der Waals surface area contributed by atoms with Crippen molar-refractivity contribution in [2.75, 3.05) is 0 Å². The second-order valence-corrected chi connectivity index (χ2v) is 5.05. The first kappa shape index (κ1) is 10.1. The van der Waals surface area contributed by atoms with E-state index in [-0.39, 0.29) is 0 Å². The molecular weight excluding hydrogens is 252 g/mol. The Balaban J connectivity index is 1.99. The first-order valence-corrected chi connectivity index (χ1v) is 6.50. The molecule has 0 unspecified atom stereocenters. The summed E-state index contributed by atoms with van der Waals surface area (Å²) in [4.78, 5) is 8.90. The second kappa shape index (κ2) is 3.22. The van der Waals surface area contributed by atoms with Gasteiger partial charge in [0.05, 0.1) is 25.4 Å². The van der Waals surface area contributed by atoms with Crippen molar-refractivity contribution in [2.24, 2.45) is 7.05 Å². The maximum Gasteiger partial charge on any atom is 0.315 e. The van der Waals surface area contributed by atoms with E-state index < -0.39 is 0 Å². The van der Waals surface area contributed by atoms with E-state index >= 15 is 0 Å². The number of fused-ring (bicyclic) bond motifs is 7. The van der Waals surface area contributed by atoms with Crippen LogP contribution >= 0.6 is 0 Å². The molecule has 6 heteroatoms. The van der Waals surface area contributed by atoms with Crippen LogP contribution in [0.5, 0.6) is 0 Å². The van der Waals surface area contributed by atoms with Gasteiger partial charge in [-0.3, -0.25) is 4.98 Å². The SMILES string of the molecule is Cn1c2[n+](c3c1nc1cccnn13)Cc1cnccc1-2. The van der Waals surface area contributed by atoms with Gasteiger partial charge in [0.1, 0.15) is 0 Å². The Morgan fingerprint density at radius 2 is 2.20 bits per heavy atom. The molecular formula is C14H11N6+. The average molecular weight is 263 g/mol. The zero-order valence-electron chi connectivity index (χ0n) is 10.9. The molecule has 6 nitrogen and oxygen atoms in total. The summed E-state index contributed by atoms with van der Waals surface area (Å²) in [6.45, 7) is 0.820. The van der Waals surface area contributed by atoms with Gasteiger partial charge in [0, 0.05) is 24.0 Å². The molecule has 4 aromatic rings. The molecule has 5 heterocycles. The number of aryl methyl sites for hydroxylation is 1. The number of hydrogen-bond donors (Lipinski definition) is 0. The minimum atomic E-state index is 0.820. The maximum absolute atomic E-state index is 4.68. The highest BCUT2D eigenvalue weighted by atomic mass is 15.4. The molecule has 0 radical (unpaired) electrons. The van der Waals surface area contributed by atoms with Gasteiger partial charge in [-0.1, -0.05) is 0 Å². The van der Waals surface area contributed by atoms with E-state index in [2.05, 4.69) is 37.3 Å². The molecule has 5 rings (SSSR count). The van der Waals surface area contributed by atoms with E-state index in [9.17, 15) is 0 Å². The summed E-state index contributed by atoms with van der Waals surface area (Å²) in [7, 11) is 2.05. The molecule has 0 aliphatic carbocycles. The van der Waals surface area contributed by atoms with Gasteiger partial charge in [0.25, 0.3) is 5.65 Å². The van der Waals surface area contributed by atoms with Crippen molar-refractivity contribution in [1.29, 1.82) is 0 Å². The first-order valence-electron chi connectivity index (χ1n) is 6.50. The number of rotatable bonds is 0. The zero-order chi connectivity index (χ0) is 13.3. The molecule has 0 amide bonds. The predicted octanol–water partition coefficient (Wildman–Crippen LogP) is 0.932. The highest BCUT2D eigenvalue weighted by Gasteiger charge is 2.34. The first-order chi connectivity index (χ1) is 9.84. The van der Waals surface area contributed by atoms with Crippen molar-refractivity contribution in [3.63, 3.8) is 0 Å². The molecule has 4 aromatic heterocycles. The fourth-order valence-electron chi connectivity index (χ4n) is 3.12. The molecule has 0 spiro atoms. The lowest BCUT2D eigenvalue weighted by Gasteiger charge is -1.95. The van der Waals surface area contributed by atoms with Crippen molar-refractivity contribution >= 4 is 16.9 Å². The monoisotopic (exact) mass is 263 g/mol. The van der Waals surface area contributed by atoms with Gasteiger partial charge in [0.2, 0.25) is 11.5 Å². The van der Waals surface area contributed by atoms with Crippen LogP contribution in [0.25, 0.3) is 28.3 Å². The number of hydrogen-bond acceptors (Lipinski definition) is 3. The Morgan fingerprint density at radius 1 is 1.25 bits per heavy atom. The maximum atomic E-state index is 4.68. The van der Waals surface area contributed by atoms with Crippen LogP contribution in [-0.4, -0.2) is 24.1 Å². The van der Waals surface area contributed by atoms with Crippen molar-refractivity contribution < 1.29 is 4.57 Å². The molecule has 0 aromatic carbocycles. The molecule has 0 saturated carbocycles. The molecule has 96 valence electrons. The summed E-state index contributed by atoms with van der Waals surface area (Å²) < 4.78 is 6.29. The Kier molecular flexibility index (Phi) is 1.62. The predicted molar refractivity (Wildman–Crippen MR) is 72.0 cm³/mol. The summed E-state index contributed by atoms with van der Waals surface area (Å²) >= 11 is 0. The zero-order valence-corrected chi connectivity index (χ0v) is 10.9. The lowest BCUT2D eigenvalue weighted by molar-refractivity contribution is -0.648.